The van der Waals surface area contributed by atoms with E-state index in [0.717, 1.165) is 11.0 Å². The molecule has 1 atom stereocenters. The first kappa shape index (κ1) is 23.0. The Kier molecular flexibility index (Phi) is 6.66. The molecule has 1 aliphatic heterocycles. The van der Waals surface area contributed by atoms with Crippen LogP contribution in [0.15, 0.2) is 59.6 Å². The standard InChI is InChI=1S/C21H18F5N3O3/c1-29-18(30)21(28-20(29)27,12-4-7-14(8-5-12)32-19(25)26)13-6-9-15(22)16(11-13)31-10-2-3-17(23)24/h3-9,11,19H,2,10H2,1H3,(H2,27,28)/t21-/m0/s1. The summed E-state index contributed by atoms with van der Waals surface area (Å²) in [6, 6.07) is 8.78. The number of aliphatic imine (C=N–C) groups is 1. The van der Waals surface area contributed by atoms with E-state index in [9.17, 15) is 26.7 Å². The molecule has 2 aromatic rings. The van der Waals surface area contributed by atoms with E-state index in [4.69, 9.17) is 10.5 Å². The van der Waals surface area contributed by atoms with Crippen molar-refractivity contribution < 1.29 is 36.2 Å². The van der Waals surface area contributed by atoms with Gasteiger partial charge in [0, 0.05) is 13.5 Å². The van der Waals surface area contributed by atoms with Crippen molar-refractivity contribution in [1.82, 2.24) is 4.90 Å². The predicted molar refractivity (Wildman–Crippen MR) is 105 cm³/mol. The molecule has 0 fully saturated rings. The topological polar surface area (TPSA) is 77.2 Å². The lowest BCUT2D eigenvalue weighted by molar-refractivity contribution is -0.129. The fourth-order valence-electron chi connectivity index (χ4n) is 3.24. The second-order valence-corrected chi connectivity index (χ2v) is 6.72. The summed E-state index contributed by atoms with van der Waals surface area (Å²) in [5.41, 5.74) is 4.56. The highest BCUT2D eigenvalue weighted by Crippen LogP contribution is 2.41. The molecule has 0 saturated heterocycles. The second kappa shape index (κ2) is 9.25. The van der Waals surface area contributed by atoms with Gasteiger partial charge in [0.05, 0.1) is 6.61 Å². The fraction of sp³-hybridized carbons (Fsp3) is 0.238. The molecule has 1 aliphatic rings. The smallest absolute Gasteiger partial charge is 0.387 e. The highest BCUT2D eigenvalue weighted by atomic mass is 19.3. The van der Waals surface area contributed by atoms with E-state index in [-0.39, 0.29) is 41.6 Å². The van der Waals surface area contributed by atoms with Gasteiger partial charge in [-0.1, -0.05) is 18.2 Å². The van der Waals surface area contributed by atoms with Gasteiger partial charge >= 0.3 is 6.61 Å². The molecule has 0 bridgehead atoms. The Balaban J connectivity index is 2.03. The zero-order chi connectivity index (χ0) is 23.5. The number of hydrogen-bond acceptors (Lipinski definition) is 5. The van der Waals surface area contributed by atoms with Crippen LogP contribution in [0, 0.1) is 5.82 Å². The molecule has 0 spiro atoms. The first-order valence-corrected chi connectivity index (χ1v) is 9.28. The first-order chi connectivity index (χ1) is 15.1. The van der Waals surface area contributed by atoms with E-state index in [0.29, 0.717) is 6.08 Å². The molecule has 3 rings (SSSR count). The van der Waals surface area contributed by atoms with Crippen molar-refractivity contribution in [2.75, 3.05) is 13.7 Å². The number of ether oxygens (including phenoxy) is 2. The molecule has 1 amide bonds. The Morgan fingerprint density at radius 2 is 1.84 bits per heavy atom. The molecule has 0 radical (unpaired) electrons. The highest BCUT2D eigenvalue weighted by Gasteiger charge is 2.49. The maximum absolute atomic E-state index is 14.3. The molecule has 2 aromatic carbocycles. The minimum absolute atomic E-state index is 0.113. The summed E-state index contributed by atoms with van der Waals surface area (Å²) in [6.45, 7) is -3.26. The summed E-state index contributed by atoms with van der Waals surface area (Å²) in [4.78, 5) is 18.6. The molecule has 0 unspecified atom stereocenters. The number of halogens is 5. The van der Waals surface area contributed by atoms with Gasteiger partial charge < -0.3 is 15.2 Å². The molecule has 2 N–H and O–H groups in total. The van der Waals surface area contributed by atoms with E-state index in [1.807, 2.05) is 0 Å². The Morgan fingerprint density at radius 1 is 1.19 bits per heavy atom. The van der Waals surface area contributed by atoms with Gasteiger partial charge in [-0.05, 0) is 41.5 Å². The number of carbonyl (C=O) groups is 1. The van der Waals surface area contributed by atoms with Gasteiger partial charge in [0.2, 0.25) is 0 Å². The molecular weight excluding hydrogens is 437 g/mol. The third kappa shape index (κ3) is 4.51. The number of hydrogen-bond donors (Lipinski definition) is 1. The lowest BCUT2D eigenvalue weighted by atomic mass is 9.82. The predicted octanol–water partition coefficient (Wildman–Crippen LogP) is 4.01. The molecule has 6 nitrogen and oxygen atoms in total. The van der Waals surface area contributed by atoms with Crippen LogP contribution in [0.4, 0.5) is 22.0 Å². The summed E-state index contributed by atoms with van der Waals surface area (Å²) >= 11 is 0. The van der Waals surface area contributed by atoms with Crippen molar-refractivity contribution >= 4 is 11.9 Å². The third-order valence-electron chi connectivity index (χ3n) is 4.76. The van der Waals surface area contributed by atoms with Gasteiger partial charge in [-0.25, -0.2) is 9.38 Å². The van der Waals surface area contributed by atoms with Gasteiger partial charge in [-0.3, -0.25) is 9.69 Å². The van der Waals surface area contributed by atoms with Crippen molar-refractivity contribution in [3.8, 4) is 11.5 Å². The summed E-state index contributed by atoms with van der Waals surface area (Å²) in [7, 11) is 1.40. The maximum atomic E-state index is 14.3. The number of likely N-dealkylation sites (N-methyl/N-ethyl adjacent to an activating group) is 1. The Labute approximate surface area is 179 Å². The number of carbonyl (C=O) groups excluding carboxylic acids is 1. The van der Waals surface area contributed by atoms with E-state index >= 15 is 0 Å². The summed E-state index contributed by atoms with van der Waals surface area (Å²) < 4.78 is 73.1. The van der Waals surface area contributed by atoms with E-state index in [2.05, 4.69) is 9.73 Å². The molecule has 32 heavy (non-hydrogen) atoms. The van der Waals surface area contributed by atoms with Crippen LogP contribution in [0.3, 0.4) is 0 Å². The van der Waals surface area contributed by atoms with Gasteiger partial charge in [0.15, 0.2) is 23.1 Å². The Hall–Kier alpha value is -3.63. The fourth-order valence-corrected chi connectivity index (χ4v) is 3.24. The number of alkyl halides is 2. The molecule has 1 heterocycles. The quantitative estimate of drug-likeness (QED) is 0.482. The molecule has 0 saturated carbocycles. The van der Waals surface area contributed by atoms with E-state index < -0.39 is 30.0 Å². The van der Waals surface area contributed by atoms with Gasteiger partial charge in [-0.2, -0.15) is 17.6 Å². The Morgan fingerprint density at radius 3 is 2.41 bits per heavy atom. The lowest BCUT2D eigenvalue weighted by Crippen LogP contribution is -2.41. The largest absolute Gasteiger partial charge is 0.490 e. The molecule has 0 aromatic heterocycles. The number of benzene rings is 2. The van der Waals surface area contributed by atoms with Gasteiger partial charge in [-0.15, -0.1) is 0 Å². The van der Waals surface area contributed by atoms with Crippen molar-refractivity contribution in [3.05, 3.63) is 71.6 Å². The Bertz CT molecular complexity index is 1060. The van der Waals surface area contributed by atoms with Crippen LogP contribution in [-0.4, -0.2) is 37.0 Å². The minimum Gasteiger partial charge on any atom is -0.490 e. The van der Waals surface area contributed by atoms with Crippen LogP contribution in [-0.2, 0) is 10.3 Å². The van der Waals surface area contributed by atoms with Crippen LogP contribution in [0.1, 0.15) is 17.5 Å². The average molecular weight is 455 g/mol. The number of nitrogens with zero attached hydrogens (tertiary/aromatic N) is 2. The lowest BCUT2D eigenvalue weighted by Gasteiger charge is -2.26. The summed E-state index contributed by atoms with van der Waals surface area (Å²) in [6.07, 6.45) is -1.41. The van der Waals surface area contributed by atoms with Crippen LogP contribution in [0.5, 0.6) is 11.5 Å². The zero-order valence-electron chi connectivity index (χ0n) is 16.7. The number of rotatable bonds is 8. The van der Waals surface area contributed by atoms with Gasteiger partial charge in [0.25, 0.3) is 12.0 Å². The van der Waals surface area contributed by atoms with E-state index in [1.54, 1.807) is 0 Å². The van der Waals surface area contributed by atoms with Crippen molar-refractivity contribution in [2.24, 2.45) is 10.7 Å². The third-order valence-corrected chi connectivity index (χ3v) is 4.76. The van der Waals surface area contributed by atoms with Crippen molar-refractivity contribution in [2.45, 2.75) is 18.6 Å². The first-order valence-electron chi connectivity index (χ1n) is 9.28. The van der Waals surface area contributed by atoms with Crippen LogP contribution >= 0.6 is 0 Å². The number of nitrogens with two attached hydrogens (primary N) is 1. The zero-order valence-corrected chi connectivity index (χ0v) is 16.7. The minimum atomic E-state index is -3.03. The van der Waals surface area contributed by atoms with Crippen molar-refractivity contribution in [1.29, 1.82) is 0 Å². The molecule has 170 valence electrons. The van der Waals surface area contributed by atoms with Crippen LogP contribution in [0.25, 0.3) is 0 Å². The SMILES string of the molecule is CN1C(=O)[C@](c2ccc(OC(F)F)cc2)(c2ccc(F)c(OCCC=C(F)F)c2)N=C1N. The average Bonchev–Trinajstić information content (AvgIpc) is 2.97. The van der Waals surface area contributed by atoms with Crippen LogP contribution in [0.2, 0.25) is 0 Å². The normalized spacial score (nSPS) is 18.0. The summed E-state index contributed by atoms with van der Waals surface area (Å²) in [5, 5.41) is 0. The van der Waals surface area contributed by atoms with Gasteiger partial charge in [0.1, 0.15) is 5.75 Å². The van der Waals surface area contributed by atoms with Crippen LogP contribution < -0.4 is 15.2 Å². The van der Waals surface area contributed by atoms with E-state index in [1.165, 1.54) is 43.4 Å². The number of guanidine groups is 1. The molecule has 0 aliphatic carbocycles. The monoisotopic (exact) mass is 455 g/mol. The molecule has 11 heteroatoms. The highest BCUT2D eigenvalue weighted by molar-refractivity contribution is 6.08. The maximum Gasteiger partial charge on any atom is 0.387 e. The molecular formula is C21H18F5N3O3. The number of amides is 1. The summed E-state index contributed by atoms with van der Waals surface area (Å²) in [5.74, 6) is -1.87. The second-order valence-electron chi connectivity index (χ2n) is 6.72. The van der Waals surface area contributed by atoms with Crippen molar-refractivity contribution in [3.63, 3.8) is 0 Å².